The van der Waals surface area contributed by atoms with E-state index in [2.05, 4.69) is 10.6 Å². The molecule has 0 aliphatic carbocycles. The van der Waals surface area contributed by atoms with Crippen LogP contribution in [0.2, 0.25) is 0 Å². The van der Waals surface area contributed by atoms with Crippen molar-refractivity contribution in [2.45, 2.75) is 25.3 Å². The van der Waals surface area contributed by atoms with Gasteiger partial charge in [0.1, 0.15) is 0 Å². The number of nitrogens with zero attached hydrogens (tertiary/aromatic N) is 1. The highest BCUT2D eigenvalue weighted by Crippen LogP contribution is 2.07. The van der Waals surface area contributed by atoms with Gasteiger partial charge in [0.05, 0.1) is 12.6 Å². The average Bonchev–Trinajstić information content (AvgIpc) is 2.63. The predicted molar refractivity (Wildman–Crippen MR) is 55.2 cm³/mol. The third-order valence-electron chi connectivity index (χ3n) is 3.01. The van der Waals surface area contributed by atoms with Crippen molar-refractivity contribution in [1.29, 1.82) is 0 Å². The maximum absolute atomic E-state index is 11.6. The van der Waals surface area contributed by atoms with E-state index in [-0.39, 0.29) is 24.4 Å². The third kappa shape index (κ3) is 2.47. The van der Waals surface area contributed by atoms with Gasteiger partial charge in [-0.05, 0) is 25.8 Å². The molecule has 0 aromatic rings. The van der Waals surface area contributed by atoms with Crippen molar-refractivity contribution in [3.63, 3.8) is 0 Å². The molecule has 2 fully saturated rings. The summed E-state index contributed by atoms with van der Waals surface area (Å²) in [6.45, 7) is 2.74. The molecule has 2 heterocycles. The second kappa shape index (κ2) is 4.61. The maximum Gasteiger partial charge on any atom is 0.241 e. The lowest BCUT2D eigenvalue weighted by atomic mass is 10.1. The molecule has 2 saturated heterocycles. The number of carbonyl (C=O) groups is 2. The number of likely N-dealkylation sites (tertiary alicyclic amines) is 1. The van der Waals surface area contributed by atoms with Gasteiger partial charge in [-0.1, -0.05) is 0 Å². The van der Waals surface area contributed by atoms with E-state index in [9.17, 15) is 9.59 Å². The van der Waals surface area contributed by atoms with Crippen LogP contribution in [0.25, 0.3) is 0 Å². The van der Waals surface area contributed by atoms with Crippen LogP contribution < -0.4 is 10.6 Å². The molecular weight excluding hydrogens is 194 g/mol. The van der Waals surface area contributed by atoms with Crippen LogP contribution in [-0.2, 0) is 9.59 Å². The highest BCUT2D eigenvalue weighted by Gasteiger charge is 2.25. The van der Waals surface area contributed by atoms with Gasteiger partial charge >= 0.3 is 0 Å². The molecule has 2 aliphatic rings. The van der Waals surface area contributed by atoms with Gasteiger partial charge in [-0.3, -0.25) is 9.59 Å². The lowest BCUT2D eigenvalue weighted by Crippen LogP contribution is -2.54. The summed E-state index contributed by atoms with van der Waals surface area (Å²) in [6.07, 6.45) is 3.05. The molecular formula is C10H17N3O2. The van der Waals surface area contributed by atoms with Crippen LogP contribution in [0, 0.1) is 0 Å². The number of nitrogens with one attached hydrogen (secondary N) is 2. The van der Waals surface area contributed by atoms with Crippen LogP contribution in [0.15, 0.2) is 0 Å². The zero-order valence-corrected chi connectivity index (χ0v) is 8.79. The Bertz CT molecular complexity index is 257. The Balaban J connectivity index is 1.67. The summed E-state index contributed by atoms with van der Waals surface area (Å²) in [5.41, 5.74) is 0. The van der Waals surface area contributed by atoms with Gasteiger partial charge in [-0.25, -0.2) is 0 Å². The highest BCUT2D eigenvalue weighted by atomic mass is 16.2. The van der Waals surface area contributed by atoms with Crippen LogP contribution in [0.1, 0.15) is 19.3 Å². The van der Waals surface area contributed by atoms with Crippen molar-refractivity contribution in [2.75, 3.05) is 26.2 Å². The molecule has 0 radical (unpaired) electrons. The van der Waals surface area contributed by atoms with E-state index in [0.29, 0.717) is 0 Å². The summed E-state index contributed by atoms with van der Waals surface area (Å²) in [7, 11) is 0. The van der Waals surface area contributed by atoms with Gasteiger partial charge in [-0.15, -0.1) is 0 Å². The Kier molecular flexibility index (Phi) is 3.20. The number of carbonyl (C=O) groups excluding carboxylic acids is 2. The van der Waals surface area contributed by atoms with E-state index in [1.165, 1.54) is 0 Å². The number of hydrogen-bond acceptors (Lipinski definition) is 3. The largest absolute Gasteiger partial charge is 0.346 e. The van der Waals surface area contributed by atoms with Gasteiger partial charge < -0.3 is 15.5 Å². The summed E-state index contributed by atoms with van der Waals surface area (Å²) in [5.74, 6) is -0.00558. The van der Waals surface area contributed by atoms with E-state index in [0.717, 1.165) is 38.9 Å². The first-order valence-electron chi connectivity index (χ1n) is 5.56. The fraction of sp³-hybridized carbons (Fsp3) is 0.800. The Morgan fingerprint density at radius 1 is 1.33 bits per heavy atom. The first kappa shape index (κ1) is 10.4. The summed E-state index contributed by atoms with van der Waals surface area (Å²) in [5, 5.41) is 5.67. The molecule has 2 amide bonds. The topological polar surface area (TPSA) is 61.4 Å². The molecule has 2 rings (SSSR count). The van der Waals surface area contributed by atoms with Crippen LogP contribution in [0.3, 0.4) is 0 Å². The molecule has 5 heteroatoms. The van der Waals surface area contributed by atoms with Crippen LogP contribution in [0.5, 0.6) is 0 Å². The Morgan fingerprint density at radius 3 is 2.53 bits per heavy atom. The predicted octanol–water partition coefficient (Wildman–Crippen LogP) is -0.913. The summed E-state index contributed by atoms with van der Waals surface area (Å²) in [6, 6.07) is -0.0728. The van der Waals surface area contributed by atoms with Crippen molar-refractivity contribution >= 4 is 11.8 Å². The van der Waals surface area contributed by atoms with Crippen LogP contribution >= 0.6 is 0 Å². The fourth-order valence-corrected chi connectivity index (χ4v) is 1.88. The Hall–Kier alpha value is -1.10. The molecule has 84 valence electrons. The van der Waals surface area contributed by atoms with Crippen molar-refractivity contribution in [2.24, 2.45) is 0 Å². The molecule has 0 aromatic heterocycles. The lowest BCUT2D eigenvalue weighted by Gasteiger charge is -2.26. The summed E-state index contributed by atoms with van der Waals surface area (Å²) in [4.78, 5) is 24.8. The monoisotopic (exact) mass is 211 g/mol. The quantitative estimate of drug-likeness (QED) is 0.635. The fourth-order valence-electron chi connectivity index (χ4n) is 1.88. The van der Waals surface area contributed by atoms with E-state index >= 15 is 0 Å². The average molecular weight is 211 g/mol. The SMILES string of the molecule is O=C(NCC(=O)N1CCCC1)[C@H]1CCN1. The highest BCUT2D eigenvalue weighted by molar-refractivity contribution is 5.88. The molecule has 0 saturated carbocycles. The van der Waals surface area contributed by atoms with Crippen molar-refractivity contribution in [1.82, 2.24) is 15.5 Å². The van der Waals surface area contributed by atoms with Gasteiger partial charge in [0, 0.05) is 13.1 Å². The number of rotatable bonds is 3. The maximum atomic E-state index is 11.6. The third-order valence-corrected chi connectivity index (χ3v) is 3.01. The molecule has 5 nitrogen and oxygen atoms in total. The zero-order chi connectivity index (χ0) is 10.7. The van der Waals surface area contributed by atoms with Crippen molar-refractivity contribution < 1.29 is 9.59 Å². The molecule has 2 aliphatic heterocycles. The molecule has 0 aromatic carbocycles. The van der Waals surface area contributed by atoms with Crippen LogP contribution in [-0.4, -0.2) is 48.9 Å². The van der Waals surface area contributed by atoms with Gasteiger partial charge in [-0.2, -0.15) is 0 Å². The molecule has 0 bridgehead atoms. The smallest absolute Gasteiger partial charge is 0.241 e. The molecule has 1 atom stereocenters. The van der Waals surface area contributed by atoms with E-state index in [1.807, 2.05) is 4.90 Å². The number of hydrogen-bond donors (Lipinski definition) is 2. The molecule has 2 N–H and O–H groups in total. The first-order chi connectivity index (χ1) is 7.27. The van der Waals surface area contributed by atoms with Crippen LogP contribution in [0.4, 0.5) is 0 Å². The standard InChI is InChI=1S/C10H17N3O2/c14-9(13-5-1-2-6-13)7-12-10(15)8-3-4-11-8/h8,11H,1-7H2,(H,12,15)/t8-/m1/s1. The minimum Gasteiger partial charge on any atom is -0.346 e. The minimum absolute atomic E-state index is 0.0418. The van der Waals surface area contributed by atoms with Gasteiger partial charge in [0.2, 0.25) is 11.8 Å². The summed E-state index contributed by atoms with van der Waals surface area (Å²) < 4.78 is 0. The minimum atomic E-state index is -0.0728. The molecule has 0 unspecified atom stereocenters. The van der Waals surface area contributed by atoms with E-state index in [4.69, 9.17) is 0 Å². The number of amides is 2. The van der Waals surface area contributed by atoms with Gasteiger partial charge in [0.25, 0.3) is 0 Å². The lowest BCUT2D eigenvalue weighted by molar-refractivity contribution is -0.133. The zero-order valence-electron chi connectivity index (χ0n) is 8.79. The van der Waals surface area contributed by atoms with E-state index in [1.54, 1.807) is 0 Å². The van der Waals surface area contributed by atoms with E-state index < -0.39 is 0 Å². The van der Waals surface area contributed by atoms with Crippen molar-refractivity contribution in [3.8, 4) is 0 Å². The summed E-state index contributed by atoms with van der Waals surface area (Å²) >= 11 is 0. The Labute approximate surface area is 89.2 Å². The second-order valence-electron chi connectivity index (χ2n) is 4.10. The molecule has 0 spiro atoms. The van der Waals surface area contributed by atoms with Crippen molar-refractivity contribution in [3.05, 3.63) is 0 Å². The van der Waals surface area contributed by atoms with Gasteiger partial charge in [0.15, 0.2) is 0 Å². The second-order valence-corrected chi connectivity index (χ2v) is 4.10. The first-order valence-corrected chi connectivity index (χ1v) is 5.56. The normalized spacial score (nSPS) is 24.8. The Morgan fingerprint density at radius 2 is 2.00 bits per heavy atom. The molecule has 15 heavy (non-hydrogen) atoms.